The van der Waals surface area contributed by atoms with Gasteiger partial charge in [0.1, 0.15) is 18.0 Å². The Morgan fingerprint density at radius 1 is 1.29 bits per heavy atom. The molecule has 1 aliphatic heterocycles. The minimum Gasteiger partial charge on any atom is -0.394 e. The molecule has 2 aromatic rings. The van der Waals surface area contributed by atoms with Gasteiger partial charge in [0.15, 0.2) is 0 Å². The Hall–Kier alpha value is -2.21. The third-order valence-electron chi connectivity index (χ3n) is 4.83. The summed E-state index contributed by atoms with van der Waals surface area (Å²) in [5.41, 5.74) is 1.01. The molecule has 24 heavy (non-hydrogen) atoms. The van der Waals surface area contributed by atoms with Crippen LogP contribution in [0, 0.1) is 0 Å². The summed E-state index contributed by atoms with van der Waals surface area (Å²) in [6.07, 6.45) is 6.72. The van der Waals surface area contributed by atoms with E-state index in [0.717, 1.165) is 43.1 Å². The fourth-order valence-electron chi connectivity index (χ4n) is 3.20. The maximum absolute atomic E-state index is 9.63. The lowest BCUT2D eigenvalue weighted by molar-refractivity contribution is 0.239. The van der Waals surface area contributed by atoms with E-state index in [1.165, 1.54) is 0 Å². The molecule has 1 N–H and O–H groups in total. The molecule has 0 aliphatic carbocycles. The van der Waals surface area contributed by atoms with Gasteiger partial charge in [-0.25, -0.2) is 9.97 Å². The number of piperidine rings is 1. The van der Waals surface area contributed by atoms with E-state index < -0.39 is 0 Å². The van der Waals surface area contributed by atoms with E-state index in [1.807, 2.05) is 37.5 Å². The molecule has 2 unspecified atom stereocenters. The third-order valence-corrected chi connectivity index (χ3v) is 4.83. The van der Waals surface area contributed by atoms with Crippen molar-refractivity contribution in [2.75, 3.05) is 30.0 Å². The fraction of sp³-hybridized carbons (Fsp3) is 0.500. The number of aliphatic hydroxyl groups is 1. The molecule has 0 spiro atoms. The highest BCUT2D eigenvalue weighted by Crippen LogP contribution is 2.27. The van der Waals surface area contributed by atoms with Crippen molar-refractivity contribution in [2.45, 2.75) is 38.3 Å². The summed E-state index contributed by atoms with van der Waals surface area (Å²) in [7, 11) is 2.02. The van der Waals surface area contributed by atoms with Gasteiger partial charge in [0.2, 0.25) is 0 Å². The van der Waals surface area contributed by atoms with E-state index in [1.54, 1.807) is 6.33 Å². The number of hydrogen-bond donors (Lipinski definition) is 1. The second-order valence-electron chi connectivity index (χ2n) is 6.30. The van der Waals surface area contributed by atoms with Gasteiger partial charge in [0, 0.05) is 25.9 Å². The molecule has 6 nitrogen and oxygen atoms in total. The van der Waals surface area contributed by atoms with Crippen LogP contribution in [0.2, 0.25) is 0 Å². The number of hydrogen-bond acceptors (Lipinski definition) is 6. The molecule has 0 radical (unpaired) electrons. The Bertz CT molecular complexity index is 651. The van der Waals surface area contributed by atoms with Crippen molar-refractivity contribution in [3.63, 3.8) is 0 Å². The minimum atomic E-state index is 0.115. The average molecular weight is 327 g/mol. The van der Waals surface area contributed by atoms with Gasteiger partial charge in [-0.3, -0.25) is 4.98 Å². The van der Waals surface area contributed by atoms with Crippen molar-refractivity contribution in [2.24, 2.45) is 0 Å². The molecule has 0 bridgehead atoms. The first-order valence-electron chi connectivity index (χ1n) is 8.54. The Labute approximate surface area is 143 Å². The molecular formula is C18H25N5O. The average Bonchev–Trinajstić information content (AvgIpc) is 2.67. The smallest absolute Gasteiger partial charge is 0.134 e. The maximum Gasteiger partial charge on any atom is 0.134 e. The zero-order valence-corrected chi connectivity index (χ0v) is 14.3. The molecule has 1 fully saturated rings. The summed E-state index contributed by atoms with van der Waals surface area (Å²) in [5, 5.41) is 9.63. The van der Waals surface area contributed by atoms with Gasteiger partial charge in [-0.2, -0.15) is 0 Å². The zero-order valence-electron chi connectivity index (χ0n) is 14.3. The number of aromatic nitrogens is 3. The van der Waals surface area contributed by atoms with Crippen molar-refractivity contribution >= 4 is 11.6 Å². The lowest BCUT2D eigenvalue weighted by Crippen LogP contribution is -2.42. The quantitative estimate of drug-likeness (QED) is 0.910. The van der Waals surface area contributed by atoms with Gasteiger partial charge < -0.3 is 14.9 Å². The van der Waals surface area contributed by atoms with Crippen LogP contribution in [0.15, 0.2) is 36.8 Å². The van der Waals surface area contributed by atoms with Crippen LogP contribution in [0.5, 0.6) is 0 Å². The van der Waals surface area contributed by atoms with Crippen LogP contribution in [0.4, 0.5) is 11.6 Å². The van der Waals surface area contributed by atoms with Crippen molar-refractivity contribution in [3.8, 4) is 0 Å². The molecule has 6 heteroatoms. The van der Waals surface area contributed by atoms with E-state index >= 15 is 0 Å². The molecule has 128 valence electrons. The van der Waals surface area contributed by atoms with Gasteiger partial charge in [-0.05, 0) is 38.3 Å². The number of anilines is 2. The standard InChI is InChI=1S/C18H25N5O/c1-14(16-8-3-5-9-19-16)22(2)17-11-18(21-13-20-17)23-10-6-4-7-15(23)12-24/h3,5,8-9,11,13-15,24H,4,6-7,10,12H2,1-2H3. The van der Waals surface area contributed by atoms with Gasteiger partial charge in [-0.1, -0.05) is 6.07 Å². The van der Waals surface area contributed by atoms with Crippen molar-refractivity contribution < 1.29 is 5.11 Å². The Balaban J connectivity index is 1.82. The number of pyridine rings is 1. The summed E-state index contributed by atoms with van der Waals surface area (Å²) >= 11 is 0. The van der Waals surface area contributed by atoms with Gasteiger partial charge in [0.05, 0.1) is 24.4 Å². The summed E-state index contributed by atoms with van der Waals surface area (Å²) in [6, 6.07) is 8.22. The van der Waals surface area contributed by atoms with Crippen LogP contribution in [0.1, 0.15) is 37.9 Å². The van der Waals surface area contributed by atoms with E-state index in [0.29, 0.717) is 0 Å². The predicted octanol–water partition coefficient (Wildman–Crippen LogP) is 2.42. The molecule has 1 aliphatic rings. The van der Waals surface area contributed by atoms with Crippen LogP contribution in [-0.4, -0.2) is 46.3 Å². The summed E-state index contributed by atoms with van der Waals surface area (Å²) in [5.74, 6) is 1.75. The highest BCUT2D eigenvalue weighted by Gasteiger charge is 2.24. The second kappa shape index (κ2) is 7.57. The van der Waals surface area contributed by atoms with Crippen LogP contribution in [0.3, 0.4) is 0 Å². The van der Waals surface area contributed by atoms with E-state index in [2.05, 4.69) is 31.7 Å². The number of aliphatic hydroxyl groups excluding tert-OH is 1. The molecule has 0 aromatic carbocycles. The van der Waals surface area contributed by atoms with Gasteiger partial charge in [-0.15, -0.1) is 0 Å². The SMILES string of the molecule is CC(c1ccccn1)N(C)c1cc(N2CCCCC2CO)ncn1. The fourth-order valence-corrected chi connectivity index (χ4v) is 3.20. The lowest BCUT2D eigenvalue weighted by Gasteiger charge is -2.36. The Morgan fingerprint density at radius 3 is 2.92 bits per heavy atom. The first-order chi connectivity index (χ1) is 11.7. The maximum atomic E-state index is 9.63. The summed E-state index contributed by atoms with van der Waals surface area (Å²) in [4.78, 5) is 17.6. The van der Waals surface area contributed by atoms with Crippen LogP contribution >= 0.6 is 0 Å². The molecule has 0 amide bonds. The normalized spacial score (nSPS) is 19.1. The first kappa shape index (κ1) is 16.6. The van der Waals surface area contributed by atoms with Crippen molar-refractivity contribution in [3.05, 3.63) is 42.5 Å². The lowest BCUT2D eigenvalue weighted by atomic mass is 10.0. The highest BCUT2D eigenvalue weighted by molar-refractivity contribution is 5.51. The molecule has 0 saturated carbocycles. The topological polar surface area (TPSA) is 65.4 Å². The first-order valence-corrected chi connectivity index (χ1v) is 8.54. The number of rotatable bonds is 5. The summed E-state index contributed by atoms with van der Waals surface area (Å²) in [6.45, 7) is 3.21. The van der Waals surface area contributed by atoms with Crippen molar-refractivity contribution in [1.82, 2.24) is 15.0 Å². The number of nitrogens with zero attached hydrogens (tertiary/aromatic N) is 5. The van der Waals surface area contributed by atoms with E-state index in [4.69, 9.17) is 0 Å². The Morgan fingerprint density at radius 2 is 2.17 bits per heavy atom. The van der Waals surface area contributed by atoms with E-state index in [9.17, 15) is 5.11 Å². The molecule has 2 atom stereocenters. The summed E-state index contributed by atoms with van der Waals surface area (Å²) < 4.78 is 0. The molecule has 3 rings (SSSR count). The highest BCUT2D eigenvalue weighted by atomic mass is 16.3. The molecule has 1 saturated heterocycles. The largest absolute Gasteiger partial charge is 0.394 e. The molecule has 2 aromatic heterocycles. The molecular weight excluding hydrogens is 302 g/mol. The third kappa shape index (κ3) is 3.48. The van der Waals surface area contributed by atoms with Crippen LogP contribution < -0.4 is 9.80 Å². The minimum absolute atomic E-state index is 0.115. The van der Waals surface area contributed by atoms with Crippen LogP contribution in [0.25, 0.3) is 0 Å². The second-order valence-corrected chi connectivity index (χ2v) is 6.30. The Kier molecular flexibility index (Phi) is 5.25. The van der Waals surface area contributed by atoms with Gasteiger partial charge >= 0.3 is 0 Å². The van der Waals surface area contributed by atoms with E-state index in [-0.39, 0.29) is 18.7 Å². The van der Waals surface area contributed by atoms with Crippen molar-refractivity contribution in [1.29, 1.82) is 0 Å². The monoisotopic (exact) mass is 327 g/mol. The zero-order chi connectivity index (χ0) is 16.9. The van der Waals surface area contributed by atoms with Crippen LogP contribution in [-0.2, 0) is 0 Å². The molecule has 3 heterocycles. The predicted molar refractivity (Wildman–Crippen MR) is 95.2 cm³/mol. The van der Waals surface area contributed by atoms with Gasteiger partial charge in [0.25, 0.3) is 0 Å².